The second-order valence-corrected chi connectivity index (χ2v) is 3.57. The predicted octanol–water partition coefficient (Wildman–Crippen LogP) is 1.85. The molecule has 0 unspecified atom stereocenters. The Morgan fingerprint density at radius 2 is 2.27 bits per heavy atom. The number of allylic oxidation sites excluding steroid dienone is 1. The van der Waals surface area contributed by atoms with E-state index in [-0.39, 0.29) is 5.91 Å². The van der Waals surface area contributed by atoms with Gasteiger partial charge in [0.25, 0.3) is 0 Å². The zero-order valence-corrected chi connectivity index (χ0v) is 8.19. The molecule has 0 saturated heterocycles. The monoisotopic (exact) mass is 199 g/mol. The summed E-state index contributed by atoms with van der Waals surface area (Å²) in [7, 11) is 0. The number of nitrogens with zero attached hydrogens (tertiary/aromatic N) is 2. The van der Waals surface area contributed by atoms with E-state index in [1.165, 1.54) is 0 Å². The molecule has 0 saturated carbocycles. The number of benzene rings is 1. The van der Waals surface area contributed by atoms with Gasteiger partial charge in [0.1, 0.15) is 0 Å². The molecular weight excluding hydrogens is 190 g/mol. The Morgan fingerprint density at radius 3 is 3.13 bits per heavy atom. The Morgan fingerprint density at radius 1 is 1.40 bits per heavy atom. The molecule has 0 spiro atoms. The number of amides is 1. The van der Waals surface area contributed by atoms with Gasteiger partial charge in [-0.3, -0.25) is 4.79 Å². The number of para-hydroxylation sites is 1. The van der Waals surface area contributed by atoms with Crippen LogP contribution < -0.4 is 5.32 Å². The van der Waals surface area contributed by atoms with Gasteiger partial charge in [0.2, 0.25) is 5.91 Å². The van der Waals surface area contributed by atoms with Crippen LogP contribution in [0.3, 0.4) is 0 Å². The van der Waals surface area contributed by atoms with Crippen LogP contribution in [-0.4, -0.2) is 15.7 Å². The molecule has 3 rings (SSSR count). The van der Waals surface area contributed by atoms with Crippen molar-refractivity contribution in [2.45, 2.75) is 6.92 Å². The number of nitrogens with one attached hydrogen (secondary N) is 1. The van der Waals surface area contributed by atoms with Crippen LogP contribution in [0.5, 0.6) is 0 Å². The van der Waals surface area contributed by atoms with Crippen molar-refractivity contribution in [2.24, 2.45) is 0 Å². The lowest BCUT2D eigenvalue weighted by Crippen LogP contribution is -2.06. The fraction of sp³-hybridized carbons (Fsp3) is 0.0909. The summed E-state index contributed by atoms with van der Waals surface area (Å²) in [5, 5.41) is 8.11. The van der Waals surface area contributed by atoms with E-state index in [2.05, 4.69) is 10.4 Å². The van der Waals surface area contributed by atoms with E-state index >= 15 is 0 Å². The molecule has 0 aliphatic carbocycles. The van der Waals surface area contributed by atoms with Gasteiger partial charge in [0, 0.05) is 17.2 Å². The smallest absolute Gasteiger partial charge is 0.250 e. The van der Waals surface area contributed by atoms with Crippen molar-refractivity contribution in [1.82, 2.24) is 9.78 Å². The second-order valence-electron chi connectivity index (χ2n) is 3.57. The summed E-state index contributed by atoms with van der Waals surface area (Å²) in [6.45, 7) is 1.87. The highest BCUT2D eigenvalue weighted by molar-refractivity contribution is 6.09. The quantitative estimate of drug-likeness (QED) is 0.703. The highest BCUT2D eigenvalue weighted by Gasteiger charge is 2.14. The third kappa shape index (κ3) is 1.08. The third-order valence-electron chi connectivity index (χ3n) is 2.52. The van der Waals surface area contributed by atoms with E-state index in [9.17, 15) is 4.79 Å². The van der Waals surface area contributed by atoms with Crippen LogP contribution in [0.25, 0.3) is 16.6 Å². The Bertz CT molecular complexity index is 595. The fourth-order valence-corrected chi connectivity index (χ4v) is 1.87. The van der Waals surface area contributed by atoms with Crippen molar-refractivity contribution < 1.29 is 4.79 Å². The molecule has 0 atom stereocenters. The predicted molar refractivity (Wildman–Crippen MR) is 58.3 cm³/mol. The number of hydrogen-bond donors (Lipinski definition) is 1. The lowest BCUT2D eigenvalue weighted by atomic mass is 10.2. The molecule has 2 aromatic rings. The summed E-state index contributed by atoms with van der Waals surface area (Å²) in [5.41, 5.74) is 2.59. The van der Waals surface area contributed by atoms with Crippen molar-refractivity contribution in [3.05, 3.63) is 30.5 Å². The summed E-state index contributed by atoms with van der Waals surface area (Å²) in [6.07, 6.45) is 3.35. The lowest BCUT2D eigenvalue weighted by Gasteiger charge is -2.03. The highest BCUT2D eigenvalue weighted by atomic mass is 16.1. The summed E-state index contributed by atoms with van der Waals surface area (Å²) < 4.78 is 1.78. The fourth-order valence-electron chi connectivity index (χ4n) is 1.87. The number of carbonyl (C=O) groups is 1. The lowest BCUT2D eigenvalue weighted by molar-refractivity contribution is -0.111. The van der Waals surface area contributed by atoms with E-state index in [1.807, 2.05) is 25.1 Å². The van der Waals surface area contributed by atoms with Crippen LogP contribution in [-0.2, 0) is 4.79 Å². The number of hydrogen-bond acceptors (Lipinski definition) is 2. The molecule has 1 aliphatic rings. The molecule has 15 heavy (non-hydrogen) atoms. The van der Waals surface area contributed by atoms with Crippen molar-refractivity contribution in [3.63, 3.8) is 0 Å². The van der Waals surface area contributed by atoms with Crippen LogP contribution >= 0.6 is 0 Å². The van der Waals surface area contributed by atoms with Gasteiger partial charge >= 0.3 is 0 Å². The van der Waals surface area contributed by atoms with Gasteiger partial charge < -0.3 is 5.32 Å². The molecule has 1 aromatic heterocycles. The minimum Gasteiger partial charge on any atom is -0.321 e. The van der Waals surface area contributed by atoms with Gasteiger partial charge in [-0.15, -0.1) is 0 Å². The van der Waals surface area contributed by atoms with Crippen molar-refractivity contribution in [2.75, 3.05) is 5.32 Å². The first-order chi connectivity index (χ1) is 7.25. The topological polar surface area (TPSA) is 46.9 Å². The van der Waals surface area contributed by atoms with E-state index in [0.717, 1.165) is 22.3 Å². The standard InChI is InChI=1S/C11H9N3O/c1-7-5-10(15)13-9-4-2-3-8-6-12-14(7)11(8)9/h2-6H,1H3,(H,13,15). The van der Waals surface area contributed by atoms with Gasteiger partial charge in [0.15, 0.2) is 0 Å². The van der Waals surface area contributed by atoms with Gasteiger partial charge in [-0.2, -0.15) is 5.10 Å². The number of carbonyl (C=O) groups excluding carboxylic acids is 1. The maximum atomic E-state index is 11.5. The van der Waals surface area contributed by atoms with Crippen LogP contribution in [0, 0.1) is 0 Å². The molecule has 74 valence electrons. The van der Waals surface area contributed by atoms with Crippen molar-refractivity contribution in [1.29, 1.82) is 0 Å². The molecule has 0 bridgehead atoms. The van der Waals surface area contributed by atoms with E-state index in [4.69, 9.17) is 0 Å². The summed E-state index contributed by atoms with van der Waals surface area (Å²) >= 11 is 0. The Hall–Kier alpha value is -2.10. The van der Waals surface area contributed by atoms with Gasteiger partial charge in [0.05, 0.1) is 17.4 Å². The molecule has 4 heteroatoms. The number of rotatable bonds is 0. The first kappa shape index (κ1) is 8.23. The number of anilines is 1. The highest BCUT2D eigenvalue weighted by Crippen LogP contribution is 2.27. The average Bonchev–Trinajstić information content (AvgIpc) is 2.56. The van der Waals surface area contributed by atoms with Crippen LogP contribution in [0.15, 0.2) is 30.5 Å². The maximum absolute atomic E-state index is 11.5. The Balaban J connectivity index is 2.46. The summed E-state index contributed by atoms with van der Waals surface area (Å²) in [6, 6.07) is 5.77. The normalized spacial score (nSPS) is 14.7. The maximum Gasteiger partial charge on any atom is 0.250 e. The second kappa shape index (κ2) is 2.70. The van der Waals surface area contributed by atoms with E-state index in [0.29, 0.717) is 0 Å². The zero-order chi connectivity index (χ0) is 10.4. The Kier molecular flexibility index (Phi) is 1.48. The van der Waals surface area contributed by atoms with Crippen LogP contribution in [0.1, 0.15) is 6.92 Å². The largest absolute Gasteiger partial charge is 0.321 e. The molecule has 0 radical (unpaired) electrons. The van der Waals surface area contributed by atoms with Gasteiger partial charge in [-0.1, -0.05) is 12.1 Å². The van der Waals surface area contributed by atoms with Gasteiger partial charge in [-0.25, -0.2) is 4.68 Å². The first-order valence-electron chi connectivity index (χ1n) is 4.72. The Labute approximate surface area is 86.2 Å². The number of aromatic nitrogens is 2. The molecular formula is C11H9N3O. The average molecular weight is 199 g/mol. The minimum atomic E-state index is -0.106. The van der Waals surface area contributed by atoms with Crippen molar-refractivity contribution >= 4 is 28.2 Å². The summed E-state index contributed by atoms with van der Waals surface area (Å²) in [4.78, 5) is 11.5. The van der Waals surface area contributed by atoms with Crippen LogP contribution in [0.2, 0.25) is 0 Å². The summed E-state index contributed by atoms with van der Waals surface area (Å²) in [5.74, 6) is -0.106. The van der Waals surface area contributed by atoms with Gasteiger partial charge in [-0.05, 0) is 13.0 Å². The molecule has 0 fully saturated rings. The minimum absolute atomic E-state index is 0.106. The molecule has 4 nitrogen and oxygen atoms in total. The van der Waals surface area contributed by atoms with E-state index in [1.54, 1.807) is 17.0 Å². The van der Waals surface area contributed by atoms with Crippen molar-refractivity contribution in [3.8, 4) is 0 Å². The molecule has 1 aromatic carbocycles. The molecule has 1 N–H and O–H groups in total. The zero-order valence-electron chi connectivity index (χ0n) is 8.19. The SMILES string of the molecule is CC1=CC(=O)Nc2cccc3cnn1c23. The molecule has 1 aliphatic heterocycles. The third-order valence-corrected chi connectivity index (χ3v) is 2.52. The molecule has 2 heterocycles. The first-order valence-corrected chi connectivity index (χ1v) is 4.72. The van der Waals surface area contributed by atoms with Crippen LogP contribution in [0.4, 0.5) is 5.69 Å². The molecule has 1 amide bonds. The van der Waals surface area contributed by atoms with E-state index < -0.39 is 0 Å².